The molecule has 0 aromatic carbocycles. The highest BCUT2D eigenvalue weighted by Gasteiger charge is 2.33. The molecule has 0 spiro atoms. The fourth-order valence-electron chi connectivity index (χ4n) is 1.88. The van der Waals surface area contributed by atoms with Crippen molar-refractivity contribution >= 4 is 27.3 Å². The largest absolute Gasteiger partial charge is 0.477 e. The van der Waals surface area contributed by atoms with Gasteiger partial charge in [-0.3, -0.25) is 0 Å². The van der Waals surface area contributed by atoms with Gasteiger partial charge in [0.15, 0.2) is 0 Å². The van der Waals surface area contributed by atoms with Crippen molar-refractivity contribution in [1.29, 1.82) is 0 Å². The first-order valence-electron chi connectivity index (χ1n) is 5.38. The Balaban J connectivity index is 2.23. The van der Waals surface area contributed by atoms with Gasteiger partial charge in [-0.25, -0.2) is 13.2 Å². The molecule has 2 heterocycles. The van der Waals surface area contributed by atoms with Gasteiger partial charge in [-0.15, -0.1) is 11.3 Å². The number of rotatable bonds is 4. The molecule has 1 aromatic rings. The van der Waals surface area contributed by atoms with Gasteiger partial charge in [0.25, 0.3) is 0 Å². The summed E-state index contributed by atoms with van der Waals surface area (Å²) in [6, 6.07) is 1.18. The molecule has 2 N–H and O–H groups in total. The van der Waals surface area contributed by atoms with Crippen molar-refractivity contribution in [2.24, 2.45) is 5.92 Å². The number of aliphatic hydroxyl groups is 1. The van der Waals surface area contributed by atoms with Crippen molar-refractivity contribution in [2.45, 2.75) is 11.3 Å². The summed E-state index contributed by atoms with van der Waals surface area (Å²) in [4.78, 5) is 10.8. The van der Waals surface area contributed by atoms with Crippen LogP contribution in [0.1, 0.15) is 16.1 Å². The molecule has 2 rings (SSSR count). The number of hydrogen-bond donors (Lipinski definition) is 2. The van der Waals surface area contributed by atoms with Gasteiger partial charge in [0, 0.05) is 25.1 Å². The van der Waals surface area contributed by atoms with E-state index in [-0.39, 0.29) is 28.8 Å². The average Bonchev–Trinajstić information content (AvgIpc) is 2.98. The zero-order chi connectivity index (χ0) is 13.3. The number of thiophene rings is 1. The summed E-state index contributed by atoms with van der Waals surface area (Å²) in [6.45, 7) is 0.624. The number of sulfonamides is 1. The zero-order valence-electron chi connectivity index (χ0n) is 9.44. The van der Waals surface area contributed by atoms with Gasteiger partial charge < -0.3 is 10.2 Å². The van der Waals surface area contributed by atoms with Crippen LogP contribution >= 0.6 is 11.3 Å². The number of hydrogen-bond acceptors (Lipinski definition) is 5. The molecule has 0 bridgehead atoms. The molecular formula is C10H13NO5S2. The topological polar surface area (TPSA) is 94.9 Å². The molecule has 1 aromatic heterocycles. The Bertz CT molecular complexity index is 550. The average molecular weight is 291 g/mol. The van der Waals surface area contributed by atoms with Crippen LogP contribution in [-0.2, 0) is 10.0 Å². The van der Waals surface area contributed by atoms with Crippen LogP contribution in [0.3, 0.4) is 0 Å². The van der Waals surface area contributed by atoms with Crippen molar-refractivity contribution in [3.8, 4) is 0 Å². The first kappa shape index (κ1) is 13.5. The van der Waals surface area contributed by atoms with E-state index in [0.717, 1.165) is 11.3 Å². The molecule has 0 amide bonds. The van der Waals surface area contributed by atoms with Crippen LogP contribution in [0, 0.1) is 5.92 Å². The Labute approximate surface area is 109 Å². The third-order valence-corrected chi connectivity index (χ3v) is 5.84. The smallest absolute Gasteiger partial charge is 0.345 e. The number of carbonyl (C=O) groups is 1. The van der Waals surface area contributed by atoms with Gasteiger partial charge in [0.1, 0.15) is 4.88 Å². The summed E-state index contributed by atoms with van der Waals surface area (Å²) in [5, 5.41) is 19.1. The highest BCUT2D eigenvalue weighted by molar-refractivity contribution is 7.89. The zero-order valence-corrected chi connectivity index (χ0v) is 11.1. The highest BCUT2D eigenvalue weighted by atomic mass is 32.2. The minimum atomic E-state index is -3.63. The Kier molecular flexibility index (Phi) is 3.71. The third-order valence-electron chi connectivity index (χ3n) is 2.93. The Morgan fingerprint density at radius 1 is 1.56 bits per heavy atom. The number of aromatic carboxylic acids is 1. The van der Waals surface area contributed by atoms with Crippen molar-refractivity contribution < 1.29 is 23.4 Å². The minimum Gasteiger partial charge on any atom is -0.477 e. The molecule has 1 unspecified atom stereocenters. The first-order chi connectivity index (χ1) is 8.45. The summed E-state index contributed by atoms with van der Waals surface area (Å²) in [7, 11) is -3.63. The second-order valence-corrected chi connectivity index (χ2v) is 7.00. The quantitative estimate of drug-likeness (QED) is 0.840. The number of carboxylic acids is 1. The van der Waals surface area contributed by atoms with E-state index < -0.39 is 16.0 Å². The van der Waals surface area contributed by atoms with Crippen molar-refractivity contribution in [3.05, 3.63) is 16.3 Å². The second kappa shape index (κ2) is 4.96. The van der Waals surface area contributed by atoms with Gasteiger partial charge in [-0.1, -0.05) is 0 Å². The van der Waals surface area contributed by atoms with Crippen LogP contribution in [0.15, 0.2) is 16.3 Å². The van der Waals surface area contributed by atoms with Crippen molar-refractivity contribution in [2.75, 3.05) is 19.7 Å². The standard InChI is InChI=1S/C10H13NO5S2/c12-5-7-1-2-11(4-7)18(15,16)8-3-9(10(13)14)17-6-8/h3,6-7,12H,1-2,4-5H2,(H,13,14). The van der Waals surface area contributed by atoms with E-state index in [9.17, 15) is 13.2 Å². The molecule has 0 radical (unpaired) electrons. The maximum atomic E-state index is 12.2. The van der Waals surface area contributed by atoms with Gasteiger partial charge in [-0.2, -0.15) is 4.31 Å². The lowest BCUT2D eigenvalue weighted by Crippen LogP contribution is -2.29. The molecule has 100 valence electrons. The van der Waals surface area contributed by atoms with Crippen LogP contribution in [0.5, 0.6) is 0 Å². The van der Waals surface area contributed by atoms with E-state index in [1.807, 2.05) is 0 Å². The minimum absolute atomic E-state index is 0.00600. The normalized spacial score (nSPS) is 21.3. The number of aliphatic hydroxyl groups excluding tert-OH is 1. The summed E-state index contributed by atoms with van der Waals surface area (Å²) in [5.41, 5.74) is 0. The summed E-state index contributed by atoms with van der Waals surface area (Å²) >= 11 is 0.895. The van der Waals surface area contributed by atoms with Crippen molar-refractivity contribution in [3.63, 3.8) is 0 Å². The molecule has 1 atom stereocenters. The van der Waals surface area contributed by atoms with Gasteiger partial charge in [0.05, 0.1) is 4.90 Å². The van der Waals surface area contributed by atoms with E-state index in [4.69, 9.17) is 10.2 Å². The number of nitrogens with zero attached hydrogens (tertiary/aromatic N) is 1. The van der Waals surface area contributed by atoms with Gasteiger partial charge in [-0.05, 0) is 18.4 Å². The monoisotopic (exact) mass is 291 g/mol. The predicted molar refractivity (Wildman–Crippen MR) is 65.2 cm³/mol. The van der Waals surface area contributed by atoms with Crippen LogP contribution in [-0.4, -0.2) is 48.6 Å². The molecule has 1 saturated heterocycles. The molecule has 1 fully saturated rings. The molecule has 0 saturated carbocycles. The van der Waals surface area contributed by atoms with Crippen LogP contribution in [0.25, 0.3) is 0 Å². The Hall–Kier alpha value is -0.960. The molecule has 6 nitrogen and oxygen atoms in total. The van der Waals surface area contributed by atoms with Gasteiger partial charge >= 0.3 is 5.97 Å². The fraction of sp³-hybridized carbons (Fsp3) is 0.500. The van der Waals surface area contributed by atoms with Crippen LogP contribution < -0.4 is 0 Å². The SMILES string of the molecule is O=C(O)c1cc(S(=O)(=O)N2CCC(CO)C2)cs1. The lowest BCUT2D eigenvalue weighted by molar-refractivity contribution is 0.0702. The van der Waals surface area contributed by atoms with Gasteiger partial charge in [0.2, 0.25) is 10.0 Å². The maximum Gasteiger partial charge on any atom is 0.345 e. The molecule has 8 heteroatoms. The van der Waals surface area contributed by atoms with E-state index >= 15 is 0 Å². The van der Waals surface area contributed by atoms with E-state index in [1.54, 1.807) is 0 Å². The lowest BCUT2D eigenvalue weighted by Gasteiger charge is -2.14. The third kappa shape index (κ3) is 2.41. The van der Waals surface area contributed by atoms with Crippen molar-refractivity contribution in [1.82, 2.24) is 4.31 Å². The summed E-state index contributed by atoms with van der Waals surface area (Å²) in [6.07, 6.45) is 0.631. The molecular weight excluding hydrogens is 278 g/mol. The van der Waals surface area contributed by atoms with E-state index in [0.29, 0.717) is 13.0 Å². The fourth-order valence-corrected chi connectivity index (χ4v) is 4.51. The molecule has 1 aliphatic rings. The Morgan fingerprint density at radius 2 is 2.28 bits per heavy atom. The molecule has 18 heavy (non-hydrogen) atoms. The predicted octanol–water partition coefficient (Wildman–Crippen LogP) is 0.449. The summed E-state index contributed by atoms with van der Waals surface area (Å²) in [5.74, 6) is -1.16. The van der Waals surface area contributed by atoms with Crippen LogP contribution in [0.4, 0.5) is 0 Å². The van der Waals surface area contributed by atoms with E-state index in [1.165, 1.54) is 15.8 Å². The number of carboxylic acid groups (broad SMARTS) is 1. The first-order valence-corrected chi connectivity index (χ1v) is 7.70. The molecule has 1 aliphatic heterocycles. The highest BCUT2D eigenvalue weighted by Crippen LogP contribution is 2.27. The van der Waals surface area contributed by atoms with E-state index in [2.05, 4.69) is 0 Å². The maximum absolute atomic E-state index is 12.2. The second-order valence-electron chi connectivity index (χ2n) is 4.15. The van der Waals surface area contributed by atoms with Crippen LogP contribution in [0.2, 0.25) is 0 Å². The molecule has 0 aliphatic carbocycles. The lowest BCUT2D eigenvalue weighted by atomic mass is 10.1. The summed E-state index contributed by atoms with van der Waals surface area (Å²) < 4.78 is 25.7. The Morgan fingerprint density at radius 3 is 2.78 bits per heavy atom.